The number of aromatic nitrogens is 1. The Morgan fingerprint density at radius 2 is 2.36 bits per heavy atom. The lowest BCUT2D eigenvalue weighted by molar-refractivity contribution is 0.0601. The maximum absolute atomic E-state index is 12.3. The maximum atomic E-state index is 12.3. The minimum absolute atomic E-state index is 0.301. The molecule has 0 amide bonds. The highest BCUT2D eigenvalue weighted by Gasteiger charge is 2.28. The van der Waals surface area contributed by atoms with Crippen molar-refractivity contribution < 1.29 is 9.53 Å². The lowest BCUT2D eigenvalue weighted by Crippen LogP contribution is -2.28. The molecule has 0 bridgehead atoms. The zero-order chi connectivity index (χ0) is 17.8. The summed E-state index contributed by atoms with van der Waals surface area (Å²) >= 11 is 7.00. The summed E-state index contributed by atoms with van der Waals surface area (Å²) in [7, 11) is 1.42. The summed E-state index contributed by atoms with van der Waals surface area (Å²) in [6.07, 6.45) is 6.54. The summed E-state index contributed by atoms with van der Waals surface area (Å²) in [5, 5.41) is 7.60. The number of carbonyl (C=O) groups excluding carboxylic acids is 1. The van der Waals surface area contributed by atoms with Gasteiger partial charge in [0.15, 0.2) is 5.11 Å². The van der Waals surface area contributed by atoms with Crippen molar-refractivity contribution in [1.82, 2.24) is 10.3 Å². The van der Waals surface area contributed by atoms with Gasteiger partial charge in [-0.05, 0) is 54.6 Å². The van der Waals surface area contributed by atoms with E-state index in [9.17, 15) is 4.79 Å². The van der Waals surface area contributed by atoms with Gasteiger partial charge >= 0.3 is 5.97 Å². The van der Waals surface area contributed by atoms with E-state index in [1.54, 1.807) is 23.7 Å². The Labute approximate surface area is 156 Å². The molecule has 0 unspecified atom stereocenters. The van der Waals surface area contributed by atoms with Gasteiger partial charge in [0.05, 0.1) is 12.7 Å². The number of pyridine rings is 1. The van der Waals surface area contributed by atoms with Gasteiger partial charge in [0.1, 0.15) is 5.00 Å². The van der Waals surface area contributed by atoms with Crippen molar-refractivity contribution in [3.8, 4) is 0 Å². The van der Waals surface area contributed by atoms with Crippen LogP contribution in [0.5, 0.6) is 0 Å². The Morgan fingerprint density at radius 1 is 1.52 bits per heavy atom. The standard InChI is InChI=1S/C18H21N3O2S2/c1-11-5-6-13-14(8-11)25-16(15(13)17(22)23-2)21-18(24)20-10-12-4-3-7-19-9-12/h3-4,7,9,11H,5-6,8,10H2,1-2H3,(H2,20,21,24)/t11-/m1/s1. The highest BCUT2D eigenvalue weighted by atomic mass is 32.1. The molecule has 0 radical (unpaired) electrons. The number of esters is 1. The molecular weight excluding hydrogens is 354 g/mol. The smallest absolute Gasteiger partial charge is 0.341 e. The van der Waals surface area contributed by atoms with Gasteiger partial charge in [0, 0.05) is 23.8 Å². The molecule has 0 aromatic carbocycles. The van der Waals surface area contributed by atoms with Gasteiger partial charge in [-0.3, -0.25) is 4.98 Å². The van der Waals surface area contributed by atoms with Crippen LogP contribution in [0.1, 0.15) is 39.7 Å². The zero-order valence-corrected chi connectivity index (χ0v) is 15.9. The number of nitrogens with one attached hydrogen (secondary N) is 2. The first kappa shape index (κ1) is 17.8. The number of hydrogen-bond donors (Lipinski definition) is 2. The van der Waals surface area contributed by atoms with Crippen LogP contribution in [0.2, 0.25) is 0 Å². The number of nitrogens with zero attached hydrogens (tertiary/aromatic N) is 1. The van der Waals surface area contributed by atoms with Gasteiger partial charge in [-0.1, -0.05) is 13.0 Å². The number of thiophene rings is 1. The van der Waals surface area contributed by atoms with Gasteiger partial charge in [0.2, 0.25) is 0 Å². The van der Waals surface area contributed by atoms with E-state index in [1.165, 1.54) is 12.0 Å². The van der Waals surface area contributed by atoms with Gasteiger partial charge in [-0.25, -0.2) is 4.79 Å². The number of anilines is 1. The number of fused-ring (bicyclic) bond motifs is 1. The van der Waals surface area contributed by atoms with E-state index in [4.69, 9.17) is 17.0 Å². The minimum Gasteiger partial charge on any atom is -0.465 e. The number of methoxy groups -OCH3 is 1. The fraction of sp³-hybridized carbons (Fsp3) is 0.389. The van der Waals surface area contributed by atoms with Crippen LogP contribution in [0.15, 0.2) is 24.5 Å². The molecule has 3 rings (SSSR count). The summed E-state index contributed by atoms with van der Waals surface area (Å²) in [4.78, 5) is 17.6. The number of hydrogen-bond acceptors (Lipinski definition) is 5. The second-order valence-electron chi connectivity index (χ2n) is 6.22. The summed E-state index contributed by atoms with van der Waals surface area (Å²) in [5.74, 6) is 0.338. The molecule has 2 heterocycles. The number of ether oxygens (including phenoxy) is 1. The molecule has 0 spiro atoms. The van der Waals surface area contributed by atoms with Crippen LogP contribution in [0, 0.1) is 5.92 Å². The quantitative estimate of drug-likeness (QED) is 0.630. The molecule has 0 saturated carbocycles. The molecule has 0 fully saturated rings. The van der Waals surface area contributed by atoms with E-state index < -0.39 is 0 Å². The molecule has 0 saturated heterocycles. The van der Waals surface area contributed by atoms with Crippen molar-refractivity contribution in [1.29, 1.82) is 0 Å². The van der Waals surface area contributed by atoms with E-state index >= 15 is 0 Å². The third-order valence-corrected chi connectivity index (χ3v) is 5.72. The first-order valence-electron chi connectivity index (χ1n) is 8.25. The summed E-state index contributed by atoms with van der Waals surface area (Å²) < 4.78 is 4.99. The molecule has 2 aromatic heterocycles. The Balaban J connectivity index is 1.75. The van der Waals surface area contributed by atoms with E-state index in [2.05, 4.69) is 22.5 Å². The van der Waals surface area contributed by atoms with Crippen LogP contribution in [0.4, 0.5) is 5.00 Å². The lowest BCUT2D eigenvalue weighted by Gasteiger charge is -2.18. The number of thiocarbonyl (C=S) groups is 1. The Kier molecular flexibility index (Phi) is 5.65. The van der Waals surface area contributed by atoms with Crippen LogP contribution < -0.4 is 10.6 Å². The summed E-state index contributed by atoms with van der Waals surface area (Å²) in [5.41, 5.74) is 2.80. The number of rotatable bonds is 4. The van der Waals surface area contributed by atoms with Crippen LogP contribution in [0.25, 0.3) is 0 Å². The molecule has 1 atom stereocenters. The van der Waals surface area contributed by atoms with Crippen molar-refractivity contribution in [2.45, 2.75) is 32.7 Å². The highest BCUT2D eigenvalue weighted by Crippen LogP contribution is 2.39. The molecule has 2 N–H and O–H groups in total. The van der Waals surface area contributed by atoms with Gasteiger partial charge < -0.3 is 15.4 Å². The van der Waals surface area contributed by atoms with E-state index in [1.807, 2.05) is 12.1 Å². The van der Waals surface area contributed by atoms with Crippen molar-refractivity contribution in [3.05, 3.63) is 46.1 Å². The predicted octanol–water partition coefficient (Wildman–Crippen LogP) is 3.54. The molecule has 0 aliphatic heterocycles. The molecule has 1 aliphatic rings. The first-order chi connectivity index (χ1) is 12.1. The molecule has 1 aliphatic carbocycles. The minimum atomic E-state index is -0.301. The molecular formula is C18H21N3O2S2. The van der Waals surface area contributed by atoms with Gasteiger partial charge in [-0.15, -0.1) is 11.3 Å². The largest absolute Gasteiger partial charge is 0.465 e. The Hall–Kier alpha value is -1.99. The van der Waals surface area contributed by atoms with E-state index in [-0.39, 0.29) is 5.97 Å². The Morgan fingerprint density at radius 3 is 3.08 bits per heavy atom. The third kappa shape index (κ3) is 4.16. The fourth-order valence-electron chi connectivity index (χ4n) is 2.99. The second kappa shape index (κ2) is 7.93. The van der Waals surface area contributed by atoms with Crippen molar-refractivity contribution in [3.63, 3.8) is 0 Å². The average molecular weight is 376 g/mol. The molecule has 2 aromatic rings. The predicted molar refractivity (Wildman–Crippen MR) is 104 cm³/mol. The first-order valence-corrected chi connectivity index (χ1v) is 9.47. The highest BCUT2D eigenvalue weighted by molar-refractivity contribution is 7.80. The van der Waals surface area contributed by atoms with Crippen LogP contribution in [-0.2, 0) is 24.1 Å². The monoisotopic (exact) mass is 375 g/mol. The molecule has 7 heteroatoms. The van der Waals surface area contributed by atoms with E-state index in [0.29, 0.717) is 23.1 Å². The van der Waals surface area contributed by atoms with Gasteiger partial charge in [-0.2, -0.15) is 0 Å². The SMILES string of the molecule is COC(=O)c1c(NC(=S)NCc2cccnc2)sc2c1CC[C@@H](C)C2. The van der Waals surface area contributed by atoms with Crippen molar-refractivity contribution in [2.24, 2.45) is 5.92 Å². The molecule has 132 valence electrons. The van der Waals surface area contributed by atoms with Crippen LogP contribution in [0.3, 0.4) is 0 Å². The zero-order valence-electron chi connectivity index (χ0n) is 14.3. The van der Waals surface area contributed by atoms with Gasteiger partial charge in [0.25, 0.3) is 0 Å². The second-order valence-corrected chi connectivity index (χ2v) is 7.73. The van der Waals surface area contributed by atoms with E-state index in [0.717, 1.165) is 35.4 Å². The normalized spacial score (nSPS) is 16.0. The third-order valence-electron chi connectivity index (χ3n) is 4.30. The van der Waals surface area contributed by atoms with Crippen LogP contribution >= 0.6 is 23.6 Å². The molecule has 5 nitrogen and oxygen atoms in total. The maximum Gasteiger partial charge on any atom is 0.341 e. The molecule has 25 heavy (non-hydrogen) atoms. The van der Waals surface area contributed by atoms with Crippen molar-refractivity contribution in [2.75, 3.05) is 12.4 Å². The fourth-order valence-corrected chi connectivity index (χ4v) is 4.63. The van der Waals surface area contributed by atoms with Crippen molar-refractivity contribution >= 4 is 39.6 Å². The topological polar surface area (TPSA) is 63.2 Å². The summed E-state index contributed by atoms with van der Waals surface area (Å²) in [6, 6.07) is 3.87. The summed E-state index contributed by atoms with van der Waals surface area (Å²) in [6.45, 7) is 2.82. The number of carbonyl (C=O) groups is 1. The average Bonchev–Trinajstić information content (AvgIpc) is 2.97. The lowest BCUT2D eigenvalue weighted by atomic mass is 9.88. The Bertz CT molecular complexity index is 774. The van der Waals surface area contributed by atoms with Crippen LogP contribution in [-0.4, -0.2) is 23.2 Å².